The summed E-state index contributed by atoms with van der Waals surface area (Å²) in [6.45, 7) is -1.47. The van der Waals surface area contributed by atoms with Gasteiger partial charge >= 0.3 is 15.4 Å². The van der Waals surface area contributed by atoms with Gasteiger partial charge in [-0.1, -0.05) is 0 Å². The van der Waals surface area contributed by atoms with E-state index in [-0.39, 0.29) is 22.8 Å². The molecular formula is C22H27N9O13P2. The van der Waals surface area contributed by atoms with E-state index in [9.17, 15) is 33.9 Å². The number of hydrogen-bond acceptors (Lipinski definition) is 17. The van der Waals surface area contributed by atoms with Crippen LogP contribution in [-0.2, 0) is 36.9 Å². The van der Waals surface area contributed by atoms with Gasteiger partial charge in [-0.2, -0.15) is 4.98 Å². The summed E-state index contributed by atoms with van der Waals surface area (Å²) in [6, 6.07) is 1.53. The van der Waals surface area contributed by atoms with Gasteiger partial charge in [0.05, 0.1) is 31.6 Å². The number of imidazole rings is 2. The lowest BCUT2D eigenvalue weighted by Gasteiger charge is -2.24. The Balaban J connectivity index is 1.16. The number of phosphoric ester groups is 1. The number of nitrogens with two attached hydrogens (primary N) is 2. The van der Waals surface area contributed by atoms with Crippen molar-refractivity contribution in [1.82, 2.24) is 34.1 Å². The Morgan fingerprint density at radius 2 is 1.52 bits per heavy atom. The Morgan fingerprint density at radius 1 is 0.891 bits per heavy atom. The fraction of sp³-hybridized carbons (Fsp3) is 0.500. The maximum atomic E-state index is 13.2. The first kappa shape index (κ1) is 31.2. The van der Waals surface area contributed by atoms with Crippen LogP contribution < -0.4 is 17.0 Å². The molecule has 3 saturated heterocycles. The number of rotatable bonds is 2. The van der Waals surface area contributed by atoms with E-state index in [1.54, 1.807) is 0 Å². The summed E-state index contributed by atoms with van der Waals surface area (Å²) in [7, 11) is -9.67. The zero-order valence-electron chi connectivity index (χ0n) is 23.2. The van der Waals surface area contributed by atoms with Crippen molar-refractivity contribution in [3.05, 3.63) is 35.3 Å². The molecule has 4 unspecified atom stereocenters. The smallest absolute Gasteiger partial charge is 0.397 e. The number of hydrogen-bond donors (Lipinski definition) is 7. The highest BCUT2D eigenvalue weighted by molar-refractivity contribution is 7.52. The third kappa shape index (κ3) is 5.51. The number of nitrogens with zero attached hydrogens (tertiary/aromatic N) is 6. The number of aromatic amines is 1. The molecule has 0 amide bonds. The van der Waals surface area contributed by atoms with Crippen LogP contribution in [0.3, 0.4) is 0 Å². The van der Waals surface area contributed by atoms with Gasteiger partial charge in [-0.05, 0) is 6.07 Å². The maximum absolute atomic E-state index is 13.2. The number of phosphoric acid groups is 1. The largest absolute Gasteiger partial charge is 0.472 e. The van der Waals surface area contributed by atoms with Gasteiger partial charge < -0.3 is 50.2 Å². The SMILES string of the molecule is Nc1nc2c(ncn2[C@@H]2O[C@@H]3COP(=O)(O)COC4[C@@H](COP(=O)(O)OC3[C@@H]2O)O[C@@H](n2cnc3c(N)ccnc32)[C@H]4O)c(=O)[nH]1. The molecule has 7 rings (SSSR count). The van der Waals surface area contributed by atoms with Crippen LogP contribution in [0.4, 0.5) is 11.6 Å². The normalized spacial score (nSPS) is 37.4. The first-order valence-corrected chi connectivity index (χ1v) is 16.8. The molecule has 3 aliphatic rings. The summed E-state index contributed by atoms with van der Waals surface area (Å²) in [5, 5.41) is 22.3. The van der Waals surface area contributed by atoms with E-state index in [0.29, 0.717) is 11.2 Å². The van der Waals surface area contributed by atoms with E-state index in [2.05, 4.69) is 24.9 Å². The van der Waals surface area contributed by atoms with E-state index >= 15 is 0 Å². The number of H-pyrrole nitrogens is 1. The van der Waals surface area contributed by atoms with Gasteiger partial charge in [0.25, 0.3) is 5.56 Å². The number of aliphatic hydroxyl groups excluding tert-OH is 2. The fourth-order valence-electron chi connectivity index (χ4n) is 5.53. The first-order valence-electron chi connectivity index (χ1n) is 13.5. The molecule has 0 spiro atoms. The Kier molecular flexibility index (Phi) is 7.74. The van der Waals surface area contributed by atoms with E-state index in [4.69, 9.17) is 39.2 Å². The van der Waals surface area contributed by atoms with Crippen molar-refractivity contribution in [3.63, 3.8) is 0 Å². The van der Waals surface area contributed by atoms with Crippen molar-refractivity contribution in [2.45, 2.75) is 49.1 Å². The van der Waals surface area contributed by atoms with Crippen molar-refractivity contribution < 1.29 is 56.9 Å². The van der Waals surface area contributed by atoms with Gasteiger partial charge in [0.1, 0.15) is 48.5 Å². The van der Waals surface area contributed by atoms with Gasteiger partial charge in [0.15, 0.2) is 29.3 Å². The molecule has 0 bridgehead atoms. The first-order chi connectivity index (χ1) is 21.8. The summed E-state index contributed by atoms with van der Waals surface area (Å²) in [5.74, 6) is -0.259. The van der Waals surface area contributed by atoms with Crippen molar-refractivity contribution in [3.8, 4) is 0 Å². The average Bonchev–Trinajstić information content (AvgIpc) is 3.75. The summed E-state index contributed by atoms with van der Waals surface area (Å²) < 4.78 is 61.7. The lowest BCUT2D eigenvalue weighted by Crippen LogP contribution is -2.37. The molecule has 9 N–H and O–H groups in total. The lowest BCUT2D eigenvalue weighted by atomic mass is 10.1. The van der Waals surface area contributed by atoms with Crippen LogP contribution in [0.1, 0.15) is 12.5 Å². The van der Waals surface area contributed by atoms with Crippen molar-refractivity contribution in [2.75, 3.05) is 31.0 Å². The van der Waals surface area contributed by atoms with Crippen molar-refractivity contribution >= 4 is 49.4 Å². The summed E-state index contributed by atoms with van der Waals surface area (Å²) in [5.41, 5.74) is 11.6. The minimum Gasteiger partial charge on any atom is -0.397 e. The molecule has 0 aromatic carbocycles. The minimum atomic E-state index is -5.06. The van der Waals surface area contributed by atoms with Crippen LogP contribution in [0.2, 0.25) is 0 Å². The Bertz CT molecular complexity index is 1950. The second-order valence-corrected chi connectivity index (χ2v) is 13.8. The van der Waals surface area contributed by atoms with E-state index in [1.807, 2.05) is 0 Å². The van der Waals surface area contributed by atoms with E-state index in [1.165, 1.54) is 23.2 Å². The Morgan fingerprint density at radius 3 is 2.26 bits per heavy atom. The molecule has 22 nitrogen and oxygen atoms in total. The molecule has 46 heavy (non-hydrogen) atoms. The van der Waals surface area contributed by atoms with Crippen LogP contribution in [0, 0.1) is 0 Å². The molecule has 0 aliphatic carbocycles. The maximum Gasteiger partial charge on any atom is 0.472 e. The second kappa shape index (κ2) is 11.4. The molecule has 4 aromatic rings. The number of nitrogen functional groups attached to an aromatic ring is 2. The van der Waals surface area contributed by atoms with Crippen molar-refractivity contribution in [1.29, 1.82) is 0 Å². The van der Waals surface area contributed by atoms with Crippen molar-refractivity contribution in [2.24, 2.45) is 0 Å². The quantitative estimate of drug-likeness (QED) is 0.116. The third-order valence-corrected chi connectivity index (χ3v) is 9.65. The number of aliphatic hydroxyl groups is 2. The molecule has 4 aromatic heterocycles. The third-order valence-electron chi connectivity index (χ3n) is 7.64. The molecule has 7 heterocycles. The summed E-state index contributed by atoms with van der Waals surface area (Å²) in [4.78, 5) is 52.1. The second-order valence-electron chi connectivity index (χ2n) is 10.6. The summed E-state index contributed by atoms with van der Waals surface area (Å²) >= 11 is 0. The standard InChI is InChI=1S/C22H27N9O13P2/c23-8-1-2-25-17-11(8)26-5-30(17)20-13(32)15-9(42-20)4-41-46(37,38)44-16-10(3-40-45(35,36)7-39-15)43-21(14(16)33)31-6-27-12-18(31)28-22(24)29-19(12)34/h1-2,5-6,9-10,13-16,20-21,32-33H,3-4,7H2,(H2,23,25)(H,35,36)(H,37,38)(H3,24,28,29,34)/t9-,10-,13+,14+,15?,16?,20-,21-/m1/s1. The topological polar surface area (TPSA) is 317 Å². The van der Waals surface area contributed by atoms with Crippen LogP contribution >= 0.6 is 15.4 Å². The van der Waals surface area contributed by atoms with E-state index in [0.717, 1.165) is 10.9 Å². The Hall–Kier alpha value is -3.37. The number of aromatic nitrogens is 7. The molecule has 3 fully saturated rings. The van der Waals surface area contributed by atoms with Gasteiger partial charge in [-0.15, -0.1) is 0 Å². The van der Waals surface area contributed by atoms with Gasteiger partial charge in [0, 0.05) is 6.20 Å². The van der Waals surface area contributed by atoms with Gasteiger partial charge in [-0.25, -0.2) is 19.5 Å². The number of anilines is 2. The number of fused-ring (bicyclic) bond motifs is 4. The minimum absolute atomic E-state index is 0.0919. The molecular weight excluding hydrogens is 660 g/mol. The Labute approximate surface area is 255 Å². The zero-order valence-corrected chi connectivity index (χ0v) is 25.0. The highest BCUT2D eigenvalue weighted by Crippen LogP contribution is 2.51. The van der Waals surface area contributed by atoms with Gasteiger partial charge in [-0.3, -0.25) is 32.5 Å². The van der Waals surface area contributed by atoms with Crippen LogP contribution in [0.15, 0.2) is 29.7 Å². The van der Waals surface area contributed by atoms with Crippen LogP contribution in [0.25, 0.3) is 22.3 Å². The highest BCUT2D eigenvalue weighted by atomic mass is 31.2. The molecule has 0 saturated carbocycles. The number of pyridine rings is 1. The monoisotopic (exact) mass is 687 g/mol. The van der Waals surface area contributed by atoms with E-state index < -0.39 is 89.6 Å². The lowest BCUT2D eigenvalue weighted by molar-refractivity contribution is -0.0595. The number of ether oxygens (including phenoxy) is 3. The molecule has 0 radical (unpaired) electrons. The predicted molar refractivity (Wildman–Crippen MR) is 151 cm³/mol. The molecule has 3 aliphatic heterocycles. The fourth-order valence-corrected chi connectivity index (χ4v) is 7.31. The molecule has 10 atom stereocenters. The average molecular weight is 687 g/mol. The van der Waals surface area contributed by atoms with Gasteiger partial charge in [0.2, 0.25) is 5.95 Å². The zero-order chi connectivity index (χ0) is 32.5. The number of nitrogens with one attached hydrogen (secondary N) is 1. The molecule has 248 valence electrons. The van der Waals surface area contributed by atoms with Crippen LogP contribution in [-0.4, -0.2) is 110 Å². The predicted octanol–water partition coefficient (Wildman–Crippen LogP) is -1.69. The summed E-state index contributed by atoms with van der Waals surface area (Å²) in [6.07, 6.45) is -8.87. The van der Waals surface area contributed by atoms with Crippen LogP contribution in [0.5, 0.6) is 0 Å². The molecule has 24 heteroatoms. The highest BCUT2D eigenvalue weighted by Gasteiger charge is 2.52.